The highest BCUT2D eigenvalue weighted by molar-refractivity contribution is 6.32. The molecule has 0 saturated heterocycles. The molecule has 2 N–H and O–H groups in total. The molecule has 0 bridgehead atoms. The second kappa shape index (κ2) is 7.31. The van der Waals surface area contributed by atoms with E-state index in [1.807, 2.05) is 0 Å². The molecular formula is C15H18ClNO4. The van der Waals surface area contributed by atoms with Gasteiger partial charge in [0.2, 0.25) is 5.91 Å². The van der Waals surface area contributed by atoms with Gasteiger partial charge in [0.15, 0.2) is 0 Å². The first-order valence-electron chi connectivity index (χ1n) is 6.94. The van der Waals surface area contributed by atoms with Gasteiger partial charge in [0, 0.05) is 6.04 Å². The lowest BCUT2D eigenvalue weighted by molar-refractivity contribution is -0.137. The first-order valence-corrected chi connectivity index (χ1v) is 7.32. The fourth-order valence-electron chi connectivity index (χ4n) is 2.12. The lowest BCUT2D eigenvalue weighted by Gasteiger charge is -2.16. The van der Waals surface area contributed by atoms with Crippen molar-refractivity contribution < 1.29 is 19.4 Å². The monoisotopic (exact) mass is 311 g/mol. The Morgan fingerprint density at radius 2 is 2.10 bits per heavy atom. The molecule has 0 heterocycles. The number of carboxylic acids is 1. The number of nitrogens with one attached hydrogen (secondary N) is 1. The molecule has 0 radical (unpaired) electrons. The van der Waals surface area contributed by atoms with Crippen LogP contribution in [-0.4, -0.2) is 29.6 Å². The number of carbonyl (C=O) groups is 2. The fourth-order valence-corrected chi connectivity index (χ4v) is 2.31. The van der Waals surface area contributed by atoms with Gasteiger partial charge in [-0.05, 0) is 30.9 Å². The summed E-state index contributed by atoms with van der Waals surface area (Å²) in [6.07, 6.45) is 2.11. The summed E-state index contributed by atoms with van der Waals surface area (Å²) in [5.41, 5.74) is 0. The highest BCUT2D eigenvalue weighted by atomic mass is 35.5. The highest BCUT2D eigenvalue weighted by Gasteiger charge is 2.33. The van der Waals surface area contributed by atoms with E-state index >= 15 is 0 Å². The zero-order valence-electron chi connectivity index (χ0n) is 11.5. The SMILES string of the molecule is O=C(O)CC(NC(=O)CCOc1ccccc1Cl)C1CC1. The molecule has 0 aromatic heterocycles. The Labute approximate surface area is 128 Å². The number of benzene rings is 1. The van der Waals surface area contributed by atoms with Gasteiger partial charge < -0.3 is 15.2 Å². The maximum atomic E-state index is 11.8. The lowest BCUT2D eigenvalue weighted by Crippen LogP contribution is -2.38. The second-order valence-electron chi connectivity index (χ2n) is 5.14. The number of hydrogen-bond acceptors (Lipinski definition) is 3. The Balaban J connectivity index is 1.74. The third-order valence-electron chi connectivity index (χ3n) is 3.36. The van der Waals surface area contributed by atoms with Crippen LogP contribution < -0.4 is 10.1 Å². The predicted octanol–water partition coefficient (Wildman–Crippen LogP) is 2.48. The molecule has 6 heteroatoms. The van der Waals surface area contributed by atoms with Crippen molar-refractivity contribution in [3.05, 3.63) is 29.3 Å². The van der Waals surface area contributed by atoms with Crippen LogP contribution in [0.4, 0.5) is 0 Å². The molecule has 2 rings (SSSR count). The number of halogens is 1. The lowest BCUT2D eigenvalue weighted by atomic mass is 10.1. The van der Waals surface area contributed by atoms with Crippen LogP contribution in [0.15, 0.2) is 24.3 Å². The highest BCUT2D eigenvalue weighted by Crippen LogP contribution is 2.34. The standard InChI is InChI=1S/C15H18ClNO4/c16-11-3-1-2-4-13(11)21-8-7-14(18)17-12(9-15(19)20)10-5-6-10/h1-4,10,12H,5-9H2,(H,17,18)(H,19,20). The molecule has 5 nitrogen and oxygen atoms in total. The minimum absolute atomic E-state index is 0.0260. The van der Waals surface area contributed by atoms with Crippen molar-refractivity contribution in [2.24, 2.45) is 5.92 Å². The number of rotatable bonds is 8. The first-order chi connectivity index (χ1) is 10.1. The summed E-state index contributed by atoms with van der Waals surface area (Å²) in [7, 11) is 0. The molecule has 1 saturated carbocycles. The van der Waals surface area contributed by atoms with Crippen molar-refractivity contribution >= 4 is 23.5 Å². The zero-order chi connectivity index (χ0) is 15.2. The summed E-state index contributed by atoms with van der Waals surface area (Å²) in [4.78, 5) is 22.6. The quantitative estimate of drug-likeness (QED) is 0.773. The number of ether oxygens (including phenoxy) is 1. The molecule has 1 aromatic rings. The number of amides is 1. The van der Waals surface area contributed by atoms with Crippen LogP contribution >= 0.6 is 11.6 Å². The number of aliphatic carboxylic acids is 1. The van der Waals surface area contributed by atoms with E-state index in [2.05, 4.69) is 5.32 Å². The van der Waals surface area contributed by atoms with Crippen LogP contribution in [0.5, 0.6) is 5.75 Å². The molecule has 0 aliphatic heterocycles. The summed E-state index contributed by atoms with van der Waals surface area (Å²) in [6.45, 7) is 0.208. The van der Waals surface area contributed by atoms with Crippen molar-refractivity contribution in [2.45, 2.75) is 31.7 Å². The summed E-state index contributed by atoms with van der Waals surface area (Å²) >= 11 is 5.94. The molecule has 21 heavy (non-hydrogen) atoms. The molecule has 1 fully saturated rings. The second-order valence-corrected chi connectivity index (χ2v) is 5.55. The minimum atomic E-state index is -0.889. The summed E-state index contributed by atoms with van der Waals surface area (Å²) in [5.74, 6) is -0.245. The molecule has 1 aliphatic rings. The smallest absolute Gasteiger partial charge is 0.305 e. The zero-order valence-corrected chi connectivity index (χ0v) is 12.3. The van der Waals surface area contributed by atoms with Crippen LogP contribution in [0.3, 0.4) is 0 Å². The Hall–Kier alpha value is -1.75. The molecule has 1 atom stereocenters. The van der Waals surface area contributed by atoms with Gasteiger partial charge in [-0.25, -0.2) is 0 Å². The van der Waals surface area contributed by atoms with Gasteiger partial charge in [-0.3, -0.25) is 9.59 Å². The van der Waals surface area contributed by atoms with E-state index in [1.165, 1.54) is 0 Å². The molecule has 0 spiro atoms. The van der Waals surface area contributed by atoms with Gasteiger partial charge in [-0.1, -0.05) is 23.7 Å². The Morgan fingerprint density at radius 1 is 1.38 bits per heavy atom. The fraction of sp³-hybridized carbons (Fsp3) is 0.467. The predicted molar refractivity (Wildman–Crippen MR) is 78.5 cm³/mol. The van der Waals surface area contributed by atoms with Crippen LogP contribution in [0.25, 0.3) is 0 Å². The third kappa shape index (κ3) is 5.27. The first kappa shape index (κ1) is 15.6. The molecule has 1 amide bonds. The van der Waals surface area contributed by atoms with Crippen molar-refractivity contribution in [3.8, 4) is 5.75 Å². The van der Waals surface area contributed by atoms with Crippen LogP contribution in [0.1, 0.15) is 25.7 Å². The van der Waals surface area contributed by atoms with E-state index in [1.54, 1.807) is 24.3 Å². The maximum Gasteiger partial charge on any atom is 0.305 e. The van der Waals surface area contributed by atoms with E-state index in [0.29, 0.717) is 16.7 Å². The Morgan fingerprint density at radius 3 is 2.71 bits per heavy atom. The van der Waals surface area contributed by atoms with Crippen LogP contribution in [-0.2, 0) is 9.59 Å². The van der Waals surface area contributed by atoms with Crippen molar-refractivity contribution in [3.63, 3.8) is 0 Å². The Kier molecular flexibility index (Phi) is 5.44. The molecule has 114 valence electrons. The van der Waals surface area contributed by atoms with E-state index in [-0.39, 0.29) is 31.4 Å². The Bertz CT molecular complexity index is 516. The molecule has 1 aliphatic carbocycles. The number of carbonyl (C=O) groups excluding carboxylic acids is 1. The number of carboxylic acid groups (broad SMARTS) is 1. The minimum Gasteiger partial charge on any atom is -0.491 e. The number of hydrogen-bond donors (Lipinski definition) is 2. The average Bonchev–Trinajstić information content (AvgIpc) is 3.24. The topological polar surface area (TPSA) is 75.6 Å². The van der Waals surface area contributed by atoms with Gasteiger partial charge in [0.05, 0.1) is 24.5 Å². The normalized spacial score (nSPS) is 15.3. The van der Waals surface area contributed by atoms with Crippen molar-refractivity contribution in [1.82, 2.24) is 5.32 Å². The van der Waals surface area contributed by atoms with Gasteiger partial charge >= 0.3 is 5.97 Å². The van der Waals surface area contributed by atoms with Gasteiger partial charge in [0.25, 0.3) is 0 Å². The third-order valence-corrected chi connectivity index (χ3v) is 3.67. The van der Waals surface area contributed by atoms with Crippen LogP contribution in [0, 0.1) is 5.92 Å². The summed E-state index contributed by atoms with van der Waals surface area (Å²) in [5, 5.41) is 12.1. The summed E-state index contributed by atoms with van der Waals surface area (Å²) in [6, 6.07) is 6.78. The number of para-hydroxylation sites is 1. The largest absolute Gasteiger partial charge is 0.491 e. The molecule has 1 unspecified atom stereocenters. The van der Waals surface area contributed by atoms with Gasteiger partial charge in [0.1, 0.15) is 5.75 Å². The molecule has 1 aromatic carbocycles. The van der Waals surface area contributed by atoms with E-state index in [4.69, 9.17) is 21.4 Å². The van der Waals surface area contributed by atoms with Gasteiger partial charge in [-0.2, -0.15) is 0 Å². The van der Waals surface area contributed by atoms with E-state index < -0.39 is 5.97 Å². The van der Waals surface area contributed by atoms with Crippen molar-refractivity contribution in [1.29, 1.82) is 0 Å². The average molecular weight is 312 g/mol. The molecular weight excluding hydrogens is 294 g/mol. The van der Waals surface area contributed by atoms with Crippen molar-refractivity contribution in [2.75, 3.05) is 6.61 Å². The van der Waals surface area contributed by atoms with E-state index in [0.717, 1.165) is 12.8 Å². The van der Waals surface area contributed by atoms with Gasteiger partial charge in [-0.15, -0.1) is 0 Å². The van der Waals surface area contributed by atoms with Crippen LogP contribution in [0.2, 0.25) is 5.02 Å². The maximum absolute atomic E-state index is 11.8. The van der Waals surface area contributed by atoms with E-state index in [9.17, 15) is 9.59 Å². The summed E-state index contributed by atoms with van der Waals surface area (Å²) < 4.78 is 5.44.